The zero-order chi connectivity index (χ0) is 10.7. The highest BCUT2D eigenvalue weighted by molar-refractivity contribution is 5.80. The van der Waals surface area contributed by atoms with Crippen LogP contribution in [0, 0.1) is 0 Å². The Kier molecular flexibility index (Phi) is 2.72. The van der Waals surface area contributed by atoms with Crippen LogP contribution in [0.3, 0.4) is 0 Å². The first kappa shape index (κ1) is 9.77. The first-order chi connectivity index (χ1) is 7.25. The molecule has 15 heavy (non-hydrogen) atoms. The molecule has 0 bridgehead atoms. The normalized spacial score (nSPS) is 10.7. The molecule has 0 fully saturated rings. The number of amides is 1. The summed E-state index contributed by atoms with van der Waals surface area (Å²) >= 11 is 0. The van der Waals surface area contributed by atoms with Gasteiger partial charge in [0, 0.05) is 17.6 Å². The second-order valence-corrected chi connectivity index (χ2v) is 3.70. The lowest BCUT2D eigenvalue weighted by Gasteiger charge is -1.94. The van der Waals surface area contributed by atoms with Gasteiger partial charge in [-0.3, -0.25) is 4.79 Å². The molecule has 0 radical (unpaired) electrons. The molecule has 3 heteroatoms. The van der Waals surface area contributed by atoms with Crippen LogP contribution in [0.5, 0.6) is 0 Å². The van der Waals surface area contributed by atoms with Crippen LogP contribution >= 0.6 is 0 Å². The van der Waals surface area contributed by atoms with Gasteiger partial charge in [-0.15, -0.1) is 0 Å². The maximum Gasteiger partial charge on any atom is 0.217 e. The van der Waals surface area contributed by atoms with Crippen LogP contribution in [-0.4, -0.2) is 10.9 Å². The predicted octanol–water partition coefficient (Wildman–Crippen LogP) is 1.98. The lowest BCUT2D eigenvalue weighted by molar-refractivity contribution is -0.118. The molecule has 0 spiro atoms. The summed E-state index contributed by atoms with van der Waals surface area (Å²) in [6.45, 7) is 0. The second-order valence-electron chi connectivity index (χ2n) is 3.70. The molecule has 1 aromatic carbocycles. The van der Waals surface area contributed by atoms with Gasteiger partial charge in [0.05, 0.1) is 0 Å². The van der Waals surface area contributed by atoms with Gasteiger partial charge >= 0.3 is 0 Å². The molecule has 0 unspecified atom stereocenters. The molecular formula is C12H14N2O. The first-order valence-electron chi connectivity index (χ1n) is 5.10. The zero-order valence-electron chi connectivity index (χ0n) is 8.49. The van der Waals surface area contributed by atoms with E-state index in [-0.39, 0.29) is 5.91 Å². The van der Waals surface area contributed by atoms with E-state index in [9.17, 15) is 4.79 Å². The lowest BCUT2D eigenvalue weighted by Crippen LogP contribution is -2.10. The van der Waals surface area contributed by atoms with Crippen molar-refractivity contribution in [3.63, 3.8) is 0 Å². The van der Waals surface area contributed by atoms with Gasteiger partial charge in [-0.25, -0.2) is 0 Å². The van der Waals surface area contributed by atoms with Gasteiger partial charge in [0.15, 0.2) is 0 Å². The Hall–Kier alpha value is -1.77. The van der Waals surface area contributed by atoms with Crippen molar-refractivity contribution in [3.8, 4) is 0 Å². The van der Waals surface area contributed by atoms with Crippen molar-refractivity contribution in [3.05, 3.63) is 36.0 Å². The van der Waals surface area contributed by atoms with E-state index in [0.717, 1.165) is 24.1 Å². The topological polar surface area (TPSA) is 58.9 Å². The summed E-state index contributed by atoms with van der Waals surface area (Å²) in [6.07, 6.45) is 2.13. The number of rotatable bonds is 4. The molecule has 2 rings (SSSR count). The molecule has 0 saturated heterocycles. The number of H-pyrrole nitrogens is 1. The third-order valence-electron chi connectivity index (χ3n) is 2.46. The van der Waals surface area contributed by atoms with Crippen molar-refractivity contribution in [2.24, 2.45) is 5.73 Å². The van der Waals surface area contributed by atoms with Gasteiger partial charge in [0.2, 0.25) is 5.91 Å². The molecule has 1 heterocycles. The van der Waals surface area contributed by atoms with Crippen molar-refractivity contribution in [2.45, 2.75) is 19.3 Å². The van der Waals surface area contributed by atoms with Crippen molar-refractivity contribution >= 4 is 16.8 Å². The summed E-state index contributed by atoms with van der Waals surface area (Å²) in [7, 11) is 0. The number of benzene rings is 1. The highest BCUT2D eigenvalue weighted by Gasteiger charge is 2.00. The number of aromatic amines is 1. The number of carbonyl (C=O) groups is 1. The Morgan fingerprint density at radius 2 is 2.13 bits per heavy atom. The number of hydrogen-bond acceptors (Lipinski definition) is 1. The number of hydrogen-bond donors (Lipinski definition) is 2. The molecule has 1 amide bonds. The Labute approximate surface area is 88.3 Å². The molecule has 0 aliphatic heterocycles. The molecule has 1 aromatic heterocycles. The number of aryl methyl sites for hydroxylation is 1. The SMILES string of the molecule is NC(=O)CCCc1cc2ccccc2[nH]1. The van der Waals surface area contributed by atoms with Crippen LogP contribution in [-0.2, 0) is 11.2 Å². The van der Waals surface area contributed by atoms with E-state index >= 15 is 0 Å². The van der Waals surface area contributed by atoms with Crippen LogP contribution in [0.2, 0.25) is 0 Å². The molecule has 0 aliphatic rings. The standard InChI is InChI=1S/C12H14N2O/c13-12(15)7-3-5-10-8-9-4-1-2-6-11(9)14-10/h1-2,4,6,8,14H,3,5,7H2,(H2,13,15). The largest absolute Gasteiger partial charge is 0.370 e. The lowest BCUT2D eigenvalue weighted by atomic mass is 10.2. The fourth-order valence-corrected chi connectivity index (χ4v) is 1.72. The predicted molar refractivity (Wildman–Crippen MR) is 60.4 cm³/mol. The highest BCUT2D eigenvalue weighted by Crippen LogP contribution is 2.15. The fraction of sp³-hybridized carbons (Fsp3) is 0.250. The molecule has 2 aromatic rings. The highest BCUT2D eigenvalue weighted by atomic mass is 16.1. The minimum atomic E-state index is -0.230. The average Bonchev–Trinajstić information content (AvgIpc) is 2.59. The van der Waals surface area contributed by atoms with E-state index in [1.54, 1.807) is 0 Å². The molecule has 0 aliphatic carbocycles. The summed E-state index contributed by atoms with van der Waals surface area (Å²) < 4.78 is 0. The number of para-hydroxylation sites is 1. The quantitative estimate of drug-likeness (QED) is 0.782. The Morgan fingerprint density at radius 3 is 2.87 bits per heavy atom. The summed E-state index contributed by atoms with van der Waals surface area (Å²) in [5, 5.41) is 1.21. The molecule has 0 atom stereocenters. The van der Waals surface area contributed by atoms with Crippen LogP contribution < -0.4 is 5.73 Å². The Morgan fingerprint density at radius 1 is 1.33 bits per heavy atom. The van der Waals surface area contributed by atoms with Gasteiger partial charge in [0.25, 0.3) is 0 Å². The minimum absolute atomic E-state index is 0.230. The van der Waals surface area contributed by atoms with Gasteiger partial charge in [0.1, 0.15) is 0 Å². The van der Waals surface area contributed by atoms with Gasteiger partial charge < -0.3 is 10.7 Å². The number of fused-ring (bicyclic) bond motifs is 1. The van der Waals surface area contributed by atoms with Gasteiger partial charge in [-0.1, -0.05) is 18.2 Å². The third-order valence-corrected chi connectivity index (χ3v) is 2.46. The van der Waals surface area contributed by atoms with E-state index in [1.807, 2.05) is 18.2 Å². The van der Waals surface area contributed by atoms with Gasteiger partial charge in [-0.2, -0.15) is 0 Å². The smallest absolute Gasteiger partial charge is 0.217 e. The Balaban J connectivity index is 2.05. The van der Waals surface area contributed by atoms with Crippen molar-refractivity contribution in [1.82, 2.24) is 4.98 Å². The van der Waals surface area contributed by atoms with Gasteiger partial charge in [-0.05, 0) is 30.4 Å². The van der Waals surface area contributed by atoms with Crippen LogP contribution in [0.1, 0.15) is 18.5 Å². The number of aromatic nitrogens is 1. The van der Waals surface area contributed by atoms with E-state index in [1.165, 1.54) is 5.39 Å². The van der Waals surface area contributed by atoms with E-state index in [0.29, 0.717) is 6.42 Å². The average molecular weight is 202 g/mol. The maximum absolute atomic E-state index is 10.6. The second kappa shape index (κ2) is 4.17. The first-order valence-corrected chi connectivity index (χ1v) is 5.10. The van der Waals surface area contributed by atoms with E-state index < -0.39 is 0 Å². The van der Waals surface area contributed by atoms with Crippen molar-refractivity contribution in [1.29, 1.82) is 0 Å². The molecule has 0 saturated carbocycles. The summed E-state index contributed by atoms with van der Waals surface area (Å²) in [5.41, 5.74) is 7.39. The van der Waals surface area contributed by atoms with Crippen LogP contribution in [0.15, 0.2) is 30.3 Å². The van der Waals surface area contributed by atoms with E-state index in [4.69, 9.17) is 5.73 Å². The zero-order valence-corrected chi connectivity index (χ0v) is 8.49. The monoisotopic (exact) mass is 202 g/mol. The van der Waals surface area contributed by atoms with Crippen molar-refractivity contribution < 1.29 is 4.79 Å². The van der Waals surface area contributed by atoms with Crippen LogP contribution in [0.4, 0.5) is 0 Å². The number of nitrogens with two attached hydrogens (primary N) is 1. The Bertz CT molecular complexity index is 440. The summed E-state index contributed by atoms with van der Waals surface area (Å²) in [6, 6.07) is 10.3. The summed E-state index contributed by atoms with van der Waals surface area (Å²) in [4.78, 5) is 13.9. The maximum atomic E-state index is 10.6. The summed E-state index contributed by atoms with van der Waals surface area (Å²) in [5.74, 6) is -0.230. The minimum Gasteiger partial charge on any atom is -0.370 e. The molecule has 3 N–H and O–H groups in total. The van der Waals surface area contributed by atoms with E-state index in [2.05, 4.69) is 17.1 Å². The molecule has 3 nitrogen and oxygen atoms in total. The number of nitrogens with one attached hydrogen (secondary N) is 1. The van der Waals surface area contributed by atoms with Crippen molar-refractivity contribution in [2.75, 3.05) is 0 Å². The number of primary amides is 1. The molecular weight excluding hydrogens is 188 g/mol. The third kappa shape index (κ3) is 2.37. The number of carbonyl (C=O) groups excluding carboxylic acids is 1. The molecule has 78 valence electrons. The van der Waals surface area contributed by atoms with Crippen LogP contribution in [0.25, 0.3) is 10.9 Å². The fourth-order valence-electron chi connectivity index (χ4n) is 1.72.